The van der Waals surface area contributed by atoms with E-state index in [0.717, 1.165) is 25.7 Å². The van der Waals surface area contributed by atoms with Crippen LogP contribution in [0.1, 0.15) is 46.5 Å². The predicted octanol–water partition coefficient (Wildman–Crippen LogP) is 1.09. The van der Waals surface area contributed by atoms with Gasteiger partial charge in [0.05, 0.1) is 12.0 Å². The van der Waals surface area contributed by atoms with Crippen LogP contribution in [0.3, 0.4) is 0 Å². The van der Waals surface area contributed by atoms with E-state index in [4.69, 9.17) is 4.74 Å². The molecule has 5 nitrogen and oxygen atoms in total. The third-order valence-corrected chi connectivity index (χ3v) is 4.19. The Balaban J connectivity index is 2.29. The summed E-state index contributed by atoms with van der Waals surface area (Å²) in [5.41, 5.74) is -0.634. The van der Waals surface area contributed by atoms with Crippen LogP contribution in [0, 0.1) is 5.92 Å². The topological polar surface area (TPSA) is 66.8 Å². The molecule has 0 saturated carbocycles. The predicted molar refractivity (Wildman–Crippen MR) is 69.3 cm³/mol. The molecule has 2 aliphatic heterocycles. The molecule has 0 aromatic heterocycles. The summed E-state index contributed by atoms with van der Waals surface area (Å²) in [7, 11) is 0. The molecule has 2 heterocycles. The Bertz CT molecular complexity index is 374. The molecule has 0 spiro atoms. The van der Waals surface area contributed by atoms with Crippen LogP contribution in [0.15, 0.2) is 0 Å². The van der Waals surface area contributed by atoms with Crippen LogP contribution < -0.4 is 0 Å². The molecule has 0 bridgehead atoms. The van der Waals surface area contributed by atoms with E-state index in [-0.39, 0.29) is 18.3 Å². The fraction of sp³-hybridized carbons (Fsp3) is 0.857. The van der Waals surface area contributed by atoms with Crippen LogP contribution in [-0.4, -0.2) is 46.2 Å². The van der Waals surface area contributed by atoms with Crippen LogP contribution in [0.2, 0.25) is 0 Å². The van der Waals surface area contributed by atoms with E-state index in [0.29, 0.717) is 0 Å². The van der Waals surface area contributed by atoms with Crippen molar-refractivity contribution in [3.05, 3.63) is 0 Å². The third-order valence-electron chi connectivity index (χ3n) is 4.19. The zero-order chi connectivity index (χ0) is 14.2. The van der Waals surface area contributed by atoms with Gasteiger partial charge in [-0.1, -0.05) is 26.7 Å². The number of β-lactam (4-membered cyclic amide) rings is 1. The van der Waals surface area contributed by atoms with Crippen LogP contribution >= 0.6 is 0 Å². The third kappa shape index (κ3) is 2.09. The molecule has 2 aliphatic rings. The largest absolute Gasteiger partial charge is 0.392 e. The number of carbonyl (C=O) groups excluding carboxylic acids is 2. The molecule has 0 aromatic rings. The van der Waals surface area contributed by atoms with Gasteiger partial charge in [-0.05, 0) is 19.8 Å². The number of Topliss-reactive ketones (excluding diaryl/α,β-unsaturated/α-hetero) is 1. The first-order valence-electron chi connectivity index (χ1n) is 7.16. The lowest BCUT2D eigenvalue weighted by atomic mass is 9.76. The SMILES string of the molecule is CCCC1(CCC)OCC(=O)[C@@H]2[C@@H]([C@@H](C)O)C(=O)N21. The summed E-state index contributed by atoms with van der Waals surface area (Å²) in [6.45, 7) is 5.72. The minimum Gasteiger partial charge on any atom is -0.392 e. The van der Waals surface area contributed by atoms with Crippen LogP contribution in [0.5, 0.6) is 0 Å². The highest BCUT2D eigenvalue weighted by atomic mass is 16.5. The van der Waals surface area contributed by atoms with E-state index in [1.165, 1.54) is 0 Å². The molecule has 0 unspecified atom stereocenters. The zero-order valence-electron chi connectivity index (χ0n) is 11.9. The standard InChI is InChI=1S/C14H23NO4/c1-4-6-14(7-5-2)15-12(10(17)8-19-14)11(9(3)16)13(15)18/h9,11-12,16H,4-8H2,1-3H3/t9-,11-,12-/m1/s1. The minimum atomic E-state index is -0.781. The summed E-state index contributed by atoms with van der Waals surface area (Å²) in [6, 6.07) is -0.487. The van der Waals surface area contributed by atoms with Crippen molar-refractivity contribution in [1.29, 1.82) is 0 Å². The first-order chi connectivity index (χ1) is 8.98. The number of aliphatic hydroxyl groups is 1. The maximum absolute atomic E-state index is 12.3. The van der Waals surface area contributed by atoms with Crippen LogP contribution in [0.4, 0.5) is 0 Å². The summed E-state index contributed by atoms with van der Waals surface area (Å²) in [5, 5.41) is 9.69. The number of aliphatic hydroxyl groups excluding tert-OH is 1. The highest BCUT2D eigenvalue weighted by Gasteiger charge is 2.62. The monoisotopic (exact) mass is 269 g/mol. The van der Waals surface area contributed by atoms with Gasteiger partial charge < -0.3 is 14.7 Å². The Kier molecular flexibility index (Phi) is 3.97. The maximum atomic E-state index is 12.3. The first kappa shape index (κ1) is 14.5. The Morgan fingerprint density at radius 2 is 1.95 bits per heavy atom. The van der Waals surface area contributed by atoms with Gasteiger partial charge in [0.15, 0.2) is 5.78 Å². The van der Waals surface area contributed by atoms with E-state index in [9.17, 15) is 14.7 Å². The Morgan fingerprint density at radius 3 is 2.42 bits per heavy atom. The number of ether oxygens (including phenoxy) is 1. The van der Waals surface area contributed by atoms with Crippen LogP contribution in [0.25, 0.3) is 0 Å². The highest BCUT2D eigenvalue weighted by molar-refractivity contribution is 6.02. The number of rotatable bonds is 5. The van der Waals surface area contributed by atoms with Gasteiger partial charge in [0.2, 0.25) is 5.91 Å². The van der Waals surface area contributed by atoms with Gasteiger partial charge >= 0.3 is 0 Å². The average Bonchev–Trinajstić information content (AvgIpc) is 2.32. The molecule has 1 amide bonds. The van der Waals surface area contributed by atoms with Gasteiger partial charge in [0.25, 0.3) is 0 Å². The quantitative estimate of drug-likeness (QED) is 0.759. The number of nitrogens with zero attached hydrogens (tertiary/aromatic N) is 1. The van der Waals surface area contributed by atoms with Crippen molar-refractivity contribution in [1.82, 2.24) is 4.90 Å². The maximum Gasteiger partial charge on any atom is 0.233 e. The smallest absolute Gasteiger partial charge is 0.233 e. The Labute approximate surface area is 113 Å². The molecule has 0 radical (unpaired) electrons. The number of hydrogen-bond donors (Lipinski definition) is 1. The number of hydrogen-bond acceptors (Lipinski definition) is 4. The van der Waals surface area contributed by atoms with Crippen molar-refractivity contribution in [2.24, 2.45) is 5.92 Å². The van der Waals surface area contributed by atoms with Crippen molar-refractivity contribution in [2.75, 3.05) is 6.61 Å². The molecule has 0 aromatic carbocycles. The summed E-state index contributed by atoms with van der Waals surface area (Å²) >= 11 is 0. The minimum absolute atomic E-state index is 0.0532. The van der Waals surface area contributed by atoms with E-state index in [1.54, 1.807) is 11.8 Å². The molecule has 1 N–H and O–H groups in total. The summed E-state index contributed by atoms with van der Waals surface area (Å²) in [4.78, 5) is 25.9. The van der Waals surface area contributed by atoms with E-state index in [2.05, 4.69) is 0 Å². The lowest BCUT2D eigenvalue weighted by Gasteiger charge is -2.59. The molecule has 2 rings (SSSR count). The second-order valence-electron chi connectivity index (χ2n) is 5.62. The number of carbonyl (C=O) groups is 2. The van der Waals surface area contributed by atoms with E-state index >= 15 is 0 Å². The van der Waals surface area contributed by atoms with Crippen molar-refractivity contribution in [3.63, 3.8) is 0 Å². The molecule has 0 aliphatic carbocycles. The lowest BCUT2D eigenvalue weighted by Crippen LogP contribution is -2.77. The Morgan fingerprint density at radius 1 is 1.37 bits per heavy atom. The van der Waals surface area contributed by atoms with Gasteiger partial charge in [-0.3, -0.25) is 9.59 Å². The second-order valence-corrected chi connectivity index (χ2v) is 5.62. The number of fused-ring (bicyclic) bond motifs is 1. The van der Waals surface area contributed by atoms with Crippen molar-refractivity contribution < 1.29 is 19.4 Å². The zero-order valence-corrected chi connectivity index (χ0v) is 11.9. The molecule has 108 valence electrons. The average molecular weight is 269 g/mol. The van der Waals surface area contributed by atoms with Gasteiger partial charge in [0.1, 0.15) is 18.4 Å². The van der Waals surface area contributed by atoms with E-state index in [1.807, 2.05) is 13.8 Å². The van der Waals surface area contributed by atoms with Gasteiger partial charge in [-0.2, -0.15) is 0 Å². The summed E-state index contributed by atoms with van der Waals surface area (Å²) in [5.74, 6) is -0.812. The number of ketones is 1. The van der Waals surface area contributed by atoms with Crippen molar-refractivity contribution >= 4 is 11.7 Å². The summed E-state index contributed by atoms with van der Waals surface area (Å²) in [6.07, 6.45) is 2.48. The normalized spacial score (nSPS) is 30.8. The first-order valence-corrected chi connectivity index (χ1v) is 7.16. The van der Waals surface area contributed by atoms with Gasteiger partial charge in [0, 0.05) is 0 Å². The van der Waals surface area contributed by atoms with Crippen LogP contribution in [-0.2, 0) is 14.3 Å². The van der Waals surface area contributed by atoms with Gasteiger partial charge in [-0.25, -0.2) is 0 Å². The molecular weight excluding hydrogens is 246 g/mol. The fourth-order valence-corrected chi connectivity index (χ4v) is 3.43. The number of amides is 1. The molecule has 2 saturated heterocycles. The van der Waals surface area contributed by atoms with E-state index < -0.39 is 23.8 Å². The molecule has 2 fully saturated rings. The molecule has 19 heavy (non-hydrogen) atoms. The lowest BCUT2D eigenvalue weighted by molar-refractivity contribution is -0.248. The highest BCUT2D eigenvalue weighted by Crippen LogP contribution is 2.44. The second kappa shape index (κ2) is 5.21. The van der Waals surface area contributed by atoms with Crippen molar-refractivity contribution in [3.8, 4) is 0 Å². The van der Waals surface area contributed by atoms with Crippen molar-refractivity contribution in [2.45, 2.75) is 64.3 Å². The van der Waals surface area contributed by atoms with Gasteiger partial charge in [-0.15, -0.1) is 0 Å². The fourth-order valence-electron chi connectivity index (χ4n) is 3.43. The molecule has 3 atom stereocenters. The Hall–Kier alpha value is -0.940. The molecule has 5 heteroatoms. The molecular formula is C14H23NO4. The summed E-state index contributed by atoms with van der Waals surface area (Å²) < 4.78 is 5.77.